The van der Waals surface area contributed by atoms with Gasteiger partial charge in [0.25, 0.3) is 0 Å². The van der Waals surface area contributed by atoms with Crippen LogP contribution >= 0.6 is 11.6 Å². The Labute approximate surface area is 119 Å². The van der Waals surface area contributed by atoms with Crippen LogP contribution in [0.5, 0.6) is 0 Å². The van der Waals surface area contributed by atoms with Crippen LogP contribution in [-0.2, 0) is 0 Å². The van der Waals surface area contributed by atoms with E-state index in [1.807, 2.05) is 10.7 Å². The fraction of sp³-hybridized carbons (Fsp3) is 0.571. The summed E-state index contributed by atoms with van der Waals surface area (Å²) in [6.45, 7) is 5.22. The van der Waals surface area contributed by atoms with Crippen molar-refractivity contribution in [2.45, 2.75) is 39.0 Å². The van der Waals surface area contributed by atoms with Crippen LogP contribution in [0.25, 0.3) is 5.52 Å². The highest BCUT2D eigenvalue weighted by molar-refractivity contribution is 6.17. The molecule has 0 aliphatic rings. The summed E-state index contributed by atoms with van der Waals surface area (Å²) in [5.41, 5.74) is 2.14. The highest BCUT2D eigenvalue weighted by Gasteiger charge is 2.09. The van der Waals surface area contributed by atoms with Crippen LogP contribution in [-0.4, -0.2) is 27.0 Å². The maximum Gasteiger partial charge on any atom is 0.152 e. The molecule has 0 bridgehead atoms. The average Bonchev–Trinajstić information content (AvgIpc) is 2.83. The lowest BCUT2D eigenvalue weighted by molar-refractivity contribution is 0.745. The molecule has 104 valence electrons. The predicted octanol–water partition coefficient (Wildman–Crippen LogP) is 3.67. The van der Waals surface area contributed by atoms with Gasteiger partial charge in [0.1, 0.15) is 5.52 Å². The van der Waals surface area contributed by atoms with Crippen LogP contribution in [0.1, 0.15) is 44.7 Å². The first-order valence-corrected chi connectivity index (χ1v) is 7.40. The normalized spacial score (nSPS) is 11.4. The van der Waals surface area contributed by atoms with Gasteiger partial charge in [0.05, 0.1) is 5.69 Å². The molecule has 1 N–H and O–H groups in total. The molecule has 0 saturated heterocycles. The summed E-state index contributed by atoms with van der Waals surface area (Å²) in [6, 6.07) is 2.11. The third kappa shape index (κ3) is 3.60. The second-order valence-corrected chi connectivity index (χ2v) is 5.38. The number of unbranched alkanes of at least 4 members (excludes halogenated alkanes) is 2. The van der Waals surface area contributed by atoms with Crippen molar-refractivity contribution in [3.8, 4) is 0 Å². The Morgan fingerprint density at radius 1 is 1.32 bits per heavy atom. The second-order valence-electron chi connectivity index (χ2n) is 5.01. The molecule has 0 saturated carbocycles. The Morgan fingerprint density at radius 3 is 2.89 bits per heavy atom. The lowest BCUT2D eigenvalue weighted by atomic mass is 10.1. The van der Waals surface area contributed by atoms with E-state index in [9.17, 15) is 0 Å². The first kappa shape index (κ1) is 14.1. The number of fused-ring (bicyclic) bond motifs is 1. The molecule has 0 aromatic carbocycles. The summed E-state index contributed by atoms with van der Waals surface area (Å²) in [5.74, 6) is 2.08. The second kappa shape index (κ2) is 6.75. The van der Waals surface area contributed by atoms with Crippen molar-refractivity contribution in [2.24, 2.45) is 0 Å². The molecule has 0 unspecified atom stereocenters. The number of nitrogens with zero attached hydrogens (tertiary/aromatic N) is 3. The third-order valence-electron chi connectivity index (χ3n) is 3.10. The topological polar surface area (TPSA) is 42.2 Å². The molecular formula is C14H21ClN4. The molecule has 2 aromatic heterocycles. The maximum absolute atomic E-state index is 5.66. The zero-order valence-electron chi connectivity index (χ0n) is 11.6. The molecule has 4 nitrogen and oxygen atoms in total. The number of halogens is 1. The van der Waals surface area contributed by atoms with Crippen molar-refractivity contribution >= 4 is 22.9 Å². The highest BCUT2D eigenvalue weighted by atomic mass is 35.5. The molecule has 2 heterocycles. The van der Waals surface area contributed by atoms with Gasteiger partial charge in [-0.1, -0.05) is 20.3 Å². The summed E-state index contributed by atoms with van der Waals surface area (Å²) in [7, 11) is 0. The lowest BCUT2D eigenvalue weighted by Crippen LogP contribution is -2.05. The van der Waals surface area contributed by atoms with Crippen molar-refractivity contribution in [1.82, 2.24) is 14.6 Å². The SMILES string of the molecule is CC(C)c1cc2c(NCCCCCCl)nccn2n1. The van der Waals surface area contributed by atoms with Crippen LogP contribution in [0.15, 0.2) is 18.5 Å². The van der Waals surface area contributed by atoms with Gasteiger partial charge in [-0.2, -0.15) is 5.10 Å². The van der Waals surface area contributed by atoms with Gasteiger partial charge in [-0.25, -0.2) is 9.50 Å². The number of hydrogen-bond acceptors (Lipinski definition) is 3. The number of nitrogens with one attached hydrogen (secondary N) is 1. The smallest absolute Gasteiger partial charge is 0.152 e. The number of rotatable bonds is 7. The van der Waals surface area contributed by atoms with E-state index in [1.165, 1.54) is 0 Å². The van der Waals surface area contributed by atoms with Crippen LogP contribution in [0.3, 0.4) is 0 Å². The van der Waals surface area contributed by atoms with Gasteiger partial charge in [0, 0.05) is 24.8 Å². The first-order chi connectivity index (χ1) is 9.22. The summed E-state index contributed by atoms with van der Waals surface area (Å²) in [6.07, 6.45) is 7.01. The van der Waals surface area contributed by atoms with Crippen molar-refractivity contribution in [1.29, 1.82) is 0 Å². The van der Waals surface area contributed by atoms with Crippen molar-refractivity contribution in [2.75, 3.05) is 17.7 Å². The fourth-order valence-corrected chi connectivity index (χ4v) is 2.15. The minimum Gasteiger partial charge on any atom is -0.368 e. The maximum atomic E-state index is 5.66. The third-order valence-corrected chi connectivity index (χ3v) is 3.37. The fourth-order valence-electron chi connectivity index (χ4n) is 1.96. The van der Waals surface area contributed by atoms with Crippen molar-refractivity contribution < 1.29 is 0 Å². The largest absolute Gasteiger partial charge is 0.368 e. The van der Waals surface area contributed by atoms with E-state index in [0.29, 0.717) is 5.92 Å². The Bertz CT molecular complexity index is 521. The van der Waals surface area contributed by atoms with E-state index in [1.54, 1.807) is 6.20 Å². The van der Waals surface area contributed by atoms with Gasteiger partial charge in [0.15, 0.2) is 5.82 Å². The van der Waals surface area contributed by atoms with E-state index in [4.69, 9.17) is 11.6 Å². The molecule has 0 atom stereocenters. The van der Waals surface area contributed by atoms with Crippen molar-refractivity contribution in [3.05, 3.63) is 24.2 Å². The number of anilines is 1. The van der Waals surface area contributed by atoms with E-state index in [0.717, 1.165) is 48.7 Å². The predicted molar refractivity (Wildman–Crippen MR) is 80.1 cm³/mol. The van der Waals surface area contributed by atoms with Crippen LogP contribution in [0.4, 0.5) is 5.82 Å². The van der Waals surface area contributed by atoms with Crippen LogP contribution in [0.2, 0.25) is 0 Å². The van der Waals surface area contributed by atoms with E-state index in [-0.39, 0.29) is 0 Å². The zero-order chi connectivity index (χ0) is 13.7. The van der Waals surface area contributed by atoms with Gasteiger partial charge in [-0.05, 0) is 24.8 Å². The summed E-state index contributed by atoms with van der Waals surface area (Å²) in [5, 5.41) is 7.93. The van der Waals surface area contributed by atoms with Crippen molar-refractivity contribution in [3.63, 3.8) is 0 Å². The Balaban J connectivity index is 2.05. The molecule has 0 spiro atoms. The number of alkyl halides is 1. The molecule has 5 heteroatoms. The van der Waals surface area contributed by atoms with Gasteiger partial charge >= 0.3 is 0 Å². The standard InChI is InChI=1S/C14H21ClN4/c1-11(2)12-10-13-14(16-7-5-3-4-6-15)17-8-9-19(13)18-12/h8-11H,3-7H2,1-2H3,(H,16,17). The monoisotopic (exact) mass is 280 g/mol. The molecule has 0 aliphatic carbocycles. The van der Waals surface area contributed by atoms with E-state index >= 15 is 0 Å². The summed E-state index contributed by atoms with van der Waals surface area (Å²) < 4.78 is 1.89. The van der Waals surface area contributed by atoms with Gasteiger partial charge in [0.2, 0.25) is 0 Å². The Hall–Kier alpha value is -1.29. The molecule has 0 amide bonds. The molecule has 2 rings (SSSR count). The molecule has 0 aliphatic heterocycles. The molecule has 0 fully saturated rings. The van der Waals surface area contributed by atoms with Gasteiger partial charge < -0.3 is 5.32 Å². The van der Waals surface area contributed by atoms with Crippen LogP contribution in [0, 0.1) is 0 Å². The quantitative estimate of drug-likeness (QED) is 0.621. The minimum atomic E-state index is 0.427. The first-order valence-electron chi connectivity index (χ1n) is 6.86. The average molecular weight is 281 g/mol. The molecule has 2 aromatic rings. The van der Waals surface area contributed by atoms with E-state index < -0.39 is 0 Å². The molecular weight excluding hydrogens is 260 g/mol. The zero-order valence-corrected chi connectivity index (χ0v) is 12.3. The number of hydrogen-bond donors (Lipinski definition) is 1. The Morgan fingerprint density at radius 2 is 2.16 bits per heavy atom. The highest BCUT2D eigenvalue weighted by Crippen LogP contribution is 2.19. The van der Waals surface area contributed by atoms with Gasteiger partial charge in [-0.3, -0.25) is 0 Å². The Kier molecular flexibility index (Phi) is 5.02. The lowest BCUT2D eigenvalue weighted by Gasteiger charge is -2.06. The van der Waals surface area contributed by atoms with E-state index in [2.05, 4.69) is 35.3 Å². The molecule has 19 heavy (non-hydrogen) atoms. The summed E-state index contributed by atoms with van der Waals surface area (Å²) in [4.78, 5) is 4.40. The van der Waals surface area contributed by atoms with Gasteiger partial charge in [-0.15, -0.1) is 11.6 Å². The summed E-state index contributed by atoms with van der Waals surface area (Å²) >= 11 is 5.66. The number of aromatic nitrogens is 3. The van der Waals surface area contributed by atoms with Crippen LogP contribution < -0.4 is 5.32 Å². The minimum absolute atomic E-state index is 0.427. The molecule has 0 radical (unpaired) electrons.